The number of anilines is 2. The average Bonchev–Trinajstić information content (AvgIpc) is 3.34. The Morgan fingerprint density at radius 1 is 1.12 bits per heavy atom. The molecule has 0 aliphatic carbocycles. The van der Waals surface area contributed by atoms with Gasteiger partial charge >= 0.3 is 5.97 Å². The van der Waals surface area contributed by atoms with Gasteiger partial charge in [0.15, 0.2) is 0 Å². The van der Waals surface area contributed by atoms with Crippen LogP contribution in [0.25, 0.3) is 10.9 Å². The summed E-state index contributed by atoms with van der Waals surface area (Å²) in [4.78, 5) is 45.1. The van der Waals surface area contributed by atoms with E-state index < -0.39 is 17.6 Å². The lowest BCUT2D eigenvalue weighted by molar-refractivity contribution is -0.121. The number of carbonyl (C=O) groups excluding carboxylic acids is 3. The Morgan fingerprint density at radius 2 is 1.88 bits per heavy atom. The molecular formula is C30H39N5O5. The first kappa shape index (κ1) is 29.3. The van der Waals surface area contributed by atoms with Crippen LogP contribution in [0.2, 0.25) is 0 Å². The maximum atomic E-state index is 13.0. The van der Waals surface area contributed by atoms with E-state index in [1.807, 2.05) is 37.3 Å². The predicted octanol–water partition coefficient (Wildman–Crippen LogP) is 3.32. The maximum absolute atomic E-state index is 13.0. The molecule has 10 heteroatoms. The molecule has 1 fully saturated rings. The number of H-pyrrole nitrogens is 1. The van der Waals surface area contributed by atoms with Gasteiger partial charge in [0.1, 0.15) is 11.3 Å². The van der Waals surface area contributed by atoms with Crippen LogP contribution < -0.4 is 16.0 Å². The maximum Gasteiger partial charge on any atom is 0.355 e. The number of benzene rings is 2. The fourth-order valence-electron chi connectivity index (χ4n) is 4.62. The van der Waals surface area contributed by atoms with Gasteiger partial charge in [0, 0.05) is 42.8 Å². The van der Waals surface area contributed by atoms with E-state index in [1.165, 1.54) is 0 Å². The smallest absolute Gasteiger partial charge is 0.355 e. The van der Waals surface area contributed by atoms with Gasteiger partial charge in [-0.1, -0.05) is 18.2 Å². The van der Waals surface area contributed by atoms with Crippen LogP contribution in [0.5, 0.6) is 0 Å². The largest absolute Gasteiger partial charge is 0.455 e. The van der Waals surface area contributed by atoms with E-state index in [1.54, 1.807) is 43.9 Å². The number of piperazine rings is 1. The van der Waals surface area contributed by atoms with Gasteiger partial charge in [-0.3, -0.25) is 14.5 Å². The molecule has 4 rings (SSSR count). The topological polar surface area (TPSA) is 130 Å². The number of hydrogen-bond acceptors (Lipinski definition) is 7. The second-order valence-corrected chi connectivity index (χ2v) is 10.9. The molecule has 2 amide bonds. The predicted molar refractivity (Wildman–Crippen MR) is 156 cm³/mol. The number of rotatable bonds is 10. The molecule has 2 aromatic carbocycles. The Balaban J connectivity index is 1.35. The highest BCUT2D eigenvalue weighted by molar-refractivity contribution is 6.05. The molecule has 0 bridgehead atoms. The molecule has 2 heterocycles. The van der Waals surface area contributed by atoms with E-state index in [4.69, 9.17) is 15.2 Å². The second kappa shape index (κ2) is 12.6. The zero-order valence-electron chi connectivity index (χ0n) is 23.7. The van der Waals surface area contributed by atoms with Gasteiger partial charge in [-0.25, -0.2) is 4.79 Å². The Hall–Kier alpha value is -3.73. The van der Waals surface area contributed by atoms with E-state index in [9.17, 15) is 14.4 Å². The summed E-state index contributed by atoms with van der Waals surface area (Å²) in [6, 6.07) is 13.9. The number of esters is 1. The van der Waals surface area contributed by atoms with Crippen LogP contribution in [0, 0.1) is 0 Å². The highest BCUT2D eigenvalue weighted by atomic mass is 16.6. The summed E-state index contributed by atoms with van der Waals surface area (Å²) in [5, 5.41) is 3.58. The molecule has 0 saturated carbocycles. The number of nitrogens with one attached hydrogen (secondary N) is 2. The van der Waals surface area contributed by atoms with E-state index in [0.717, 1.165) is 24.3 Å². The minimum atomic E-state index is -0.791. The van der Waals surface area contributed by atoms with Crippen molar-refractivity contribution in [3.05, 3.63) is 59.8 Å². The highest BCUT2D eigenvalue weighted by Crippen LogP contribution is 2.26. The van der Waals surface area contributed by atoms with Crippen LogP contribution in [-0.2, 0) is 25.5 Å². The SMILES string of the molecule is CCOCCN1CCN(c2ccc(CC(N)C(=O)Nc3cccc4[nH]c(C(=O)OC(C)(C)C)cc34)cc2)C(=O)C1. The summed E-state index contributed by atoms with van der Waals surface area (Å²) < 4.78 is 10.8. The Labute approximate surface area is 234 Å². The molecule has 1 unspecified atom stereocenters. The fraction of sp³-hybridized carbons (Fsp3) is 0.433. The first-order valence-corrected chi connectivity index (χ1v) is 13.6. The van der Waals surface area contributed by atoms with Crippen LogP contribution in [0.3, 0.4) is 0 Å². The van der Waals surface area contributed by atoms with Crippen molar-refractivity contribution in [1.82, 2.24) is 9.88 Å². The first-order valence-electron chi connectivity index (χ1n) is 13.6. The molecule has 40 heavy (non-hydrogen) atoms. The summed E-state index contributed by atoms with van der Waals surface area (Å²) in [6.07, 6.45) is 0.331. The highest BCUT2D eigenvalue weighted by Gasteiger charge is 2.25. The van der Waals surface area contributed by atoms with Crippen molar-refractivity contribution in [3.8, 4) is 0 Å². The van der Waals surface area contributed by atoms with Gasteiger partial charge in [0.2, 0.25) is 11.8 Å². The molecule has 3 aromatic rings. The number of aromatic amines is 1. The van der Waals surface area contributed by atoms with Crippen LogP contribution >= 0.6 is 0 Å². The quantitative estimate of drug-likeness (QED) is 0.261. The number of carbonyl (C=O) groups is 3. The van der Waals surface area contributed by atoms with Crippen molar-refractivity contribution in [2.45, 2.75) is 45.8 Å². The summed E-state index contributed by atoms with van der Waals surface area (Å²) in [6.45, 7) is 11.2. The zero-order chi connectivity index (χ0) is 28.9. The number of hydrogen-bond donors (Lipinski definition) is 3. The number of amides is 2. The average molecular weight is 550 g/mol. The molecule has 1 atom stereocenters. The lowest BCUT2D eigenvalue weighted by atomic mass is 10.0. The third-order valence-corrected chi connectivity index (χ3v) is 6.64. The number of aromatic nitrogens is 1. The zero-order valence-corrected chi connectivity index (χ0v) is 23.7. The molecule has 10 nitrogen and oxygen atoms in total. The normalized spacial score (nSPS) is 15.3. The van der Waals surface area contributed by atoms with Crippen molar-refractivity contribution in [2.75, 3.05) is 49.6 Å². The summed E-state index contributed by atoms with van der Waals surface area (Å²) in [5.74, 6) is -0.749. The van der Waals surface area contributed by atoms with Crippen molar-refractivity contribution in [2.24, 2.45) is 5.73 Å². The lowest BCUT2D eigenvalue weighted by Crippen LogP contribution is -2.51. The van der Waals surface area contributed by atoms with Gasteiger partial charge in [-0.2, -0.15) is 0 Å². The van der Waals surface area contributed by atoms with Gasteiger partial charge in [-0.05, 0) is 70.0 Å². The molecule has 4 N–H and O–H groups in total. The number of nitrogens with zero attached hydrogens (tertiary/aromatic N) is 2. The molecule has 0 radical (unpaired) electrons. The monoisotopic (exact) mass is 549 g/mol. The van der Waals surface area contributed by atoms with E-state index in [2.05, 4.69) is 15.2 Å². The fourth-order valence-corrected chi connectivity index (χ4v) is 4.62. The van der Waals surface area contributed by atoms with Gasteiger partial charge in [0.05, 0.1) is 24.9 Å². The molecular weight excluding hydrogens is 510 g/mol. The minimum Gasteiger partial charge on any atom is -0.455 e. The van der Waals surface area contributed by atoms with E-state index >= 15 is 0 Å². The van der Waals surface area contributed by atoms with Crippen LogP contribution in [0.4, 0.5) is 11.4 Å². The van der Waals surface area contributed by atoms with Crippen molar-refractivity contribution >= 4 is 40.1 Å². The minimum absolute atomic E-state index is 0.0559. The molecule has 1 saturated heterocycles. The number of fused-ring (bicyclic) bond motifs is 1. The summed E-state index contributed by atoms with van der Waals surface area (Å²) >= 11 is 0. The molecule has 1 aliphatic rings. The van der Waals surface area contributed by atoms with Crippen LogP contribution in [0.1, 0.15) is 43.7 Å². The number of ether oxygens (including phenoxy) is 2. The standard InChI is InChI=1S/C30H39N5O5/c1-5-39-16-15-34-13-14-35(27(36)19-34)21-11-9-20(10-12-21)17-23(31)28(37)33-25-8-6-7-24-22(25)18-26(32-24)29(38)40-30(2,3)4/h6-12,18,23,32H,5,13-17,19,31H2,1-4H3,(H,33,37). The third-order valence-electron chi connectivity index (χ3n) is 6.64. The van der Waals surface area contributed by atoms with Gasteiger partial charge in [-0.15, -0.1) is 0 Å². The Bertz CT molecular complexity index is 1340. The second-order valence-electron chi connectivity index (χ2n) is 10.9. The van der Waals surface area contributed by atoms with Crippen molar-refractivity contribution in [3.63, 3.8) is 0 Å². The summed E-state index contributed by atoms with van der Waals surface area (Å²) in [5.41, 5.74) is 8.92. The van der Waals surface area contributed by atoms with Gasteiger partial charge in [0.25, 0.3) is 0 Å². The lowest BCUT2D eigenvalue weighted by Gasteiger charge is -2.34. The third kappa shape index (κ3) is 7.47. The van der Waals surface area contributed by atoms with Crippen molar-refractivity contribution in [1.29, 1.82) is 0 Å². The number of nitrogens with two attached hydrogens (primary N) is 1. The van der Waals surface area contributed by atoms with Crippen LogP contribution in [-0.4, -0.2) is 78.7 Å². The van der Waals surface area contributed by atoms with E-state index in [0.29, 0.717) is 55.0 Å². The van der Waals surface area contributed by atoms with E-state index in [-0.39, 0.29) is 11.8 Å². The molecule has 1 aliphatic heterocycles. The molecule has 214 valence electrons. The van der Waals surface area contributed by atoms with Crippen LogP contribution in [0.15, 0.2) is 48.5 Å². The summed E-state index contributed by atoms with van der Waals surface area (Å²) in [7, 11) is 0. The van der Waals surface area contributed by atoms with Gasteiger partial charge < -0.3 is 30.4 Å². The Morgan fingerprint density at radius 3 is 2.55 bits per heavy atom. The van der Waals surface area contributed by atoms with Crippen molar-refractivity contribution < 1.29 is 23.9 Å². The molecule has 0 spiro atoms. The first-order chi connectivity index (χ1) is 19.0. The molecule has 1 aromatic heterocycles. The Kier molecular flexibility index (Phi) is 9.24.